The summed E-state index contributed by atoms with van der Waals surface area (Å²) in [5, 5.41) is 0. The van der Waals surface area contributed by atoms with Gasteiger partial charge in [0.1, 0.15) is 0 Å². The Labute approximate surface area is 80.2 Å². The Morgan fingerprint density at radius 1 is 1.18 bits per heavy atom. The molecule has 0 heterocycles. The summed E-state index contributed by atoms with van der Waals surface area (Å²) in [6.07, 6.45) is 10.4. The summed E-state index contributed by atoms with van der Waals surface area (Å²) >= 11 is 2.17. The van der Waals surface area contributed by atoms with Crippen LogP contribution in [0, 0.1) is 28.3 Å². The molecule has 0 saturated carbocycles. The summed E-state index contributed by atoms with van der Waals surface area (Å²) in [4.78, 5) is 0. The monoisotopic (exact) mass is 252 g/mol. The van der Waals surface area contributed by atoms with E-state index in [1.54, 1.807) is 0 Å². The summed E-state index contributed by atoms with van der Waals surface area (Å²) in [6.45, 7) is 0. The van der Waals surface area contributed by atoms with Gasteiger partial charge in [-0.15, -0.1) is 12.8 Å². The molecule has 0 atom stereocenters. The second kappa shape index (κ2) is 3.46. The predicted octanol–water partition coefficient (Wildman–Crippen LogP) is 2.25. The van der Waals surface area contributed by atoms with Gasteiger partial charge in [0.2, 0.25) is 0 Å². The van der Waals surface area contributed by atoms with Crippen LogP contribution in [-0.2, 0) is 0 Å². The summed E-state index contributed by atoms with van der Waals surface area (Å²) in [7, 11) is 0. The fourth-order valence-electron chi connectivity index (χ4n) is 0.722. The molecule has 0 bridgehead atoms. The van der Waals surface area contributed by atoms with Gasteiger partial charge in [-0.05, 0) is 40.8 Å². The molecule has 0 saturated heterocycles. The van der Waals surface area contributed by atoms with E-state index < -0.39 is 0 Å². The van der Waals surface area contributed by atoms with Crippen LogP contribution >= 0.6 is 22.6 Å². The smallest absolute Gasteiger partial charge is 0.0377 e. The normalized spacial score (nSPS) is 8.27. The Morgan fingerprint density at radius 2 is 1.91 bits per heavy atom. The zero-order valence-electron chi connectivity index (χ0n) is 5.76. The zero-order chi connectivity index (χ0) is 8.27. The summed E-state index contributed by atoms with van der Waals surface area (Å²) in [6, 6.07) is 5.60. The van der Waals surface area contributed by atoms with E-state index in [4.69, 9.17) is 12.8 Å². The molecule has 1 heteroatoms. The number of benzene rings is 1. The van der Waals surface area contributed by atoms with Crippen molar-refractivity contribution in [2.45, 2.75) is 0 Å². The standard InChI is InChI=1S/C10H5I/c1-3-8-5-6-9(4-2)10(11)7-8/h1-2,5-7H. The van der Waals surface area contributed by atoms with Gasteiger partial charge in [0.25, 0.3) is 0 Å². The average molecular weight is 252 g/mol. The first-order valence-electron chi connectivity index (χ1n) is 3.00. The maximum Gasteiger partial charge on any atom is 0.0377 e. The van der Waals surface area contributed by atoms with Gasteiger partial charge in [-0.2, -0.15) is 0 Å². The molecule has 0 nitrogen and oxygen atoms in total. The minimum absolute atomic E-state index is 0.869. The second-order valence-electron chi connectivity index (χ2n) is 1.98. The number of hydrogen-bond acceptors (Lipinski definition) is 0. The van der Waals surface area contributed by atoms with Crippen LogP contribution in [0.15, 0.2) is 18.2 Å². The lowest BCUT2D eigenvalue weighted by atomic mass is 10.1. The Bertz CT molecular complexity index is 350. The van der Waals surface area contributed by atoms with Crippen molar-refractivity contribution in [2.24, 2.45) is 0 Å². The molecule has 1 aromatic rings. The van der Waals surface area contributed by atoms with E-state index in [9.17, 15) is 0 Å². The lowest BCUT2D eigenvalue weighted by Crippen LogP contribution is -1.82. The Hall–Kier alpha value is -0.930. The highest BCUT2D eigenvalue weighted by Gasteiger charge is 1.95. The van der Waals surface area contributed by atoms with E-state index in [0.29, 0.717) is 0 Å². The van der Waals surface area contributed by atoms with E-state index in [-0.39, 0.29) is 0 Å². The largest absolute Gasteiger partial charge is 0.115 e. The first-order chi connectivity index (χ1) is 5.27. The number of halogens is 1. The predicted molar refractivity (Wildman–Crippen MR) is 55.0 cm³/mol. The van der Waals surface area contributed by atoms with Crippen molar-refractivity contribution in [2.75, 3.05) is 0 Å². The molecule has 0 spiro atoms. The molecule has 52 valence electrons. The third-order valence-corrected chi connectivity index (χ3v) is 2.18. The van der Waals surface area contributed by atoms with Crippen molar-refractivity contribution in [3.8, 4) is 24.7 Å². The molecule has 0 radical (unpaired) electrons. The van der Waals surface area contributed by atoms with Crippen LogP contribution in [0.3, 0.4) is 0 Å². The van der Waals surface area contributed by atoms with Crippen LogP contribution in [0.5, 0.6) is 0 Å². The van der Waals surface area contributed by atoms with Crippen molar-refractivity contribution in [3.63, 3.8) is 0 Å². The maximum atomic E-state index is 5.24. The fourth-order valence-corrected chi connectivity index (χ4v) is 1.39. The average Bonchev–Trinajstić information content (AvgIpc) is 2.04. The molecule has 0 fully saturated rings. The number of hydrogen-bond donors (Lipinski definition) is 0. The number of rotatable bonds is 0. The van der Waals surface area contributed by atoms with Crippen LogP contribution < -0.4 is 0 Å². The summed E-state index contributed by atoms with van der Waals surface area (Å²) in [5.74, 6) is 5.12. The van der Waals surface area contributed by atoms with Crippen LogP contribution in [0.25, 0.3) is 0 Å². The summed E-state index contributed by atoms with van der Waals surface area (Å²) in [5.41, 5.74) is 1.76. The van der Waals surface area contributed by atoms with Gasteiger partial charge in [0, 0.05) is 14.7 Å². The van der Waals surface area contributed by atoms with Gasteiger partial charge in [0.15, 0.2) is 0 Å². The molecule has 0 aliphatic carbocycles. The molecule has 0 aliphatic rings. The Morgan fingerprint density at radius 3 is 2.36 bits per heavy atom. The molecule has 0 N–H and O–H groups in total. The minimum Gasteiger partial charge on any atom is -0.115 e. The highest BCUT2D eigenvalue weighted by molar-refractivity contribution is 14.1. The lowest BCUT2D eigenvalue weighted by molar-refractivity contribution is 1.55. The fraction of sp³-hybridized carbons (Fsp3) is 0. The molecule has 0 amide bonds. The lowest BCUT2D eigenvalue weighted by Gasteiger charge is -1.95. The molecule has 0 aliphatic heterocycles. The van der Waals surface area contributed by atoms with Crippen LogP contribution in [-0.4, -0.2) is 0 Å². The highest BCUT2D eigenvalue weighted by Crippen LogP contribution is 2.12. The van der Waals surface area contributed by atoms with Gasteiger partial charge in [-0.25, -0.2) is 0 Å². The molecule has 1 aromatic carbocycles. The molecule has 11 heavy (non-hydrogen) atoms. The minimum atomic E-state index is 0.869. The molecule has 0 aromatic heterocycles. The van der Waals surface area contributed by atoms with E-state index in [0.717, 1.165) is 14.7 Å². The van der Waals surface area contributed by atoms with Crippen molar-refractivity contribution in [1.29, 1.82) is 0 Å². The van der Waals surface area contributed by atoms with Gasteiger partial charge in [-0.1, -0.05) is 11.8 Å². The van der Waals surface area contributed by atoms with Crippen LogP contribution in [0.4, 0.5) is 0 Å². The third-order valence-electron chi connectivity index (χ3n) is 1.29. The Kier molecular flexibility index (Phi) is 2.57. The topological polar surface area (TPSA) is 0 Å². The zero-order valence-corrected chi connectivity index (χ0v) is 7.92. The van der Waals surface area contributed by atoms with E-state index in [1.165, 1.54) is 0 Å². The summed E-state index contributed by atoms with van der Waals surface area (Å²) < 4.78 is 1.03. The van der Waals surface area contributed by atoms with Gasteiger partial charge < -0.3 is 0 Å². The molecular formula is C10H5I. The van der Waals surface area contributed by atoms with Gasteiger partial charge >= 0.3 is 0 Å². The quantitative estimate of drug-likeness (QED) is 0.490. The van der Waals surface area contributed by atoms with Crippen LogP contribution in [0.2, 0.25) is 0 Å². The third kappa shape index (κ3) is 1.76. The second-order valence-corrected chi connectivity index (χ2v) is 3.15. The molecule has 1 rings (SSSR count). The SMILES string of the molecule is C#Cc1ccc(C#C)c(I)c1. The van der Waals surface area contributed by atoms with Crippen molar-refractivity contribution >= 4 is 22.6 Å². The van der Waals surface area contributed by atoms with E-state index in [2.05, 4.69) is 34.4 Å². The Balaban J connectivity index is 3.25. The molecular weight excluding hydrogens is 247 g/mol. The first kappa shape index (κ1) is 8.17. The van der Waals surface area contributed by atoms with Crippen molar-refractivity contribution < 1.29 is 0 Å². The van der Waals surface area contributed by atoms with Crippen LogP contribution in [0.1, 0.15) is 11.1 Å². The first-order valence-corrected chi connectivity index (χ1v) is 4.08. The maximum absolute atomic E-state index is 5.24. The van der Waals surface area contributed by atoms with E-state index in [1.807, 2.05) is 18.2 Å². The van der Waals surface area contributed by atoms with Gasteiger partial charge in [0.05, 0.1) is 0 Å². The van der Waals surface area contributed by atoms with E-state index >= 15 is 0 Å². The van der Waals surface area contributed by atoms with Crippen molar-refractivity contribution in [3.05, 3.63) is 32.9 Å². The van der Waals surface area contributed by atoms with Gasteiger partial charge in [-0.3, -0.25) is 0 Å². The molecule has 0 unspecified atom stereocenters. The van der Waals surface area contributed by atoms with Crippen molar-refractivity contribution in [1.82, 2.24) is 0 Å². The number of terminal acetylenes is 2. The highest BCUT2D eigenvalue weighted by atomic mass is 127.